The summed E-state index contributed by atoms with van der Waals surface area (Å²) in [6.45, 7) is 9.73. The van der Waals surface area contributed by atoms with Gasteiger partial charge in [-0.2, -0.15) is 0 Å². The van der Waals surface area contributed by atoms with Crippen molar-refractivity contribution in [2.24, 2.45) is 5.92 Å². The van der Waals surface area contributed by atoms with Crippen LogP contribution in [0.2, 0.25) is 0 Å². The van der Waals surface area contributed by atoms with E-state index in [9.17, 15) is 0 Å². The Kier molecular flexibility index (Phi) is 6.55. The Morgan fingerprint density at radius 2 is 1.67 bits per heavy atom. The minimum Gasteiger partial charge on any atom is -0.490 e. The molecule has 1 aromatic rings. The van der Waals surface area contributed by atoms with Crippen LogP contribution in [-0.2, 0) is 0 Å². The van der Waals surface area contributed by atoms with Crippen LogP contribution in [-0.4, -0.2) is 13.2 Å². The van der Waals surface area contributed by atoms with E-state index in [-0.39, 0.29) is 0 Å². The molecule has 2 atom stereocenters. The quantitative estimate of drug-likeness (QED) is 0.662. The van der Waals surface area contributed by atoms with Crippen LogP contribution in [0.3, 0.4) is 0 Å². The van der Waals surface area contributed by atoms with Crippen LogP contribution < -0.4 is 9.47 Å². The van der Waals surface area contributed by atoms with Gasteiger partial charge in [0.25, 0.3) is 0 Å². The number of ether oxygens (including phenoxy) is 2. The SMILES string of the molecule is CCOc1ccc(C(Br)C(C)CC)cc1OCC. The van der Waals surface area contributed by atoms with Crippen LogP contribution >= 0.6 is 15.9 Å². The van der Waals surface area contributed by atoms with E-state index < -0.39 is 0 Å². The first-order chi connectivity index (χ1) is 8.63. The summed E-state index contributed by atoms with van der Waals surface area (Å²) >= 11 is 3.76. The van der Waals surface area contributed by atoms with Gasteiger partial charge in [0.2, 0.25) is 0 Å². The maximum Gasteiger partial charge on any atom is 0.161 e. The highest BCUT2D eigenvalue weighted by atomic mass is 79.9. The number of rotatable bonds is 7. The predicted octanol–water partition coefficient (Wildman–Crippen LogP) is 4.97. The lowest BCUT2D eigenvalue weighted by Crippen LogP contribution is -2.04. The highest BCUT2D eigenvalue weighted by Gasteiger charge is 2.16. The average Bonchev–Trinajstić information content (AvgIpc) is 2.39. The summed E-state index contributed by atoms with van der Waals surface area (Å²) in [5.74, 6) is 2.26. The van der Waals surface area contributed by atoms with Crippen molar-refractivity contribution in [3.05, 3.63) is 23.8 Å². The lowest BCUT2D eigenvalue weighted by atomic mass is 9.98. The molecule has 0 saturated carbocycles. The molecule has 1 aromatic carbocycles. The molecule has 0 saturated heterocycles. The molecule has 0 amide bonds. The molecule has 0 aromatic heterocycles. The van der Waals surface area contributed by atoms with E-state index in [0.29, 0.717) is 24.0 Å². The maximum atomic E-state index is 5.65. The van der Waals surface area contributed by atoms with Gasteiger partial charge in [0, 0.05) is 4.83 Å². The monoisotopic (exact) mass is 314 g/mol. The Balaban J connectivity index is 2.98. The number of benzene rings is 1. The molecule has 0 radical (unpaired) electrons. The van der Waals surface area contributed by atoms with E-state index in [4.69, 9.17) is 9.47 Å². The molecule has 0 aliphatic rings. The molecular weight excluding hydrogens is 292 g/mol. The third-order valence-electron chi connectivity index (χ3n) is 3.03. The van der Waals surface area contributed by atoms with Gasteiger partial charge < -0.3 is 9.47 Å². The van der Waals surface area contributed by atoms with E-state index in [2.05, 4.69) is 41.9 Å². The first-order valence-electron chi connectivity index (χ1n) is 6.67. The van der Waals surface area contributed by atoms with Crippen LogP contribution in [0.4, 0.5) is 0 Å². The van der Waals surface area contributed by atoms with Gasteiger partial charge in [-0.05, 0) is 37.5 Å². The minimum absolute atomic E-state index is 0.359. The fourth-order valence-electron chi connectivity index (χ4n) is 1.77. The third kappa shape index (κ3) is 3.91. The molecule has 0 bridgehead atoms. The predicted molar refractivity (Wildman–Crippen MR) is 79.9 cm³/mol. The second-order valence-corrected chi connectivity index (χ2v) is 5.35. The van der Waals surface area contributed by atoms with Crippen LogP contribution in [0.25, 0.3) is 0 Å². The highest BCUT2D eigenvalue weighted by Crippen LogP contribution is 2.37. The summed E-state index contributed by atoms with van der Waals surface area (Å²) in [4.78, 5) is 0.359. The molecule has 3 heteroatoms. The first-order valence-corrected chi connectivity index (χ1v) is 7.59. The normalized spacial score (nSPS) is 14.1. The zero-order valence-corrected chi connectivity index (χ0v) is 13.3. The van der Waals surface area contributed by atoms with E-state index in [1.807, 2.05) is 19.9 Å². The third-order valence-corrected chi connectivity index (χ3v) is 4.46. The number of hydrogen-bond acceptors (Lipinski definition) is 2. The molecule has 0 fully saturated rings. The van der Waals surface area contributed by atoms with Gasteiger partial charge in [0.1, 0.15) is 0 Å². The standard InChI is InChI=1S/C15H23BrO2/c1-5-11(4)15(16)12-8-9-13(17-6-2)14(10-12)18-7-3/h8-11,15H,5-7H2,1-4H3. The van der Waals surface area contributed by atoms with Crippen LogP contribution in [0.1, 0.15) is 44.5 Å². The Hall–Kier alpha value is -0.700. The molecule has 2 nitrogen and oxygen atoms in total. The number of hydrogen-bond donors (Lipinski definition) is 0. The van der Waals surface area contributed by atoms with E-state index in [0.717, 1.165) is 17.9 Å². The summed E-state index contributed by atoms with van der Waals surface area (Å²) in [6.07, 6.45) is 1.15. The zero-order chi connectivity index (χ0) is 13.5. The first kappa shape index (κ1) is 15.4. The molecule has 1 rings (SSSR count). The molecule has 0 N–H and O–H groups in total. The summed E-state index contributed by atoms with van der Waals surface area (Å²) < 4.78 is 11.2. The molecule has 0 heterocycles. The topological polar surface area (TPSA) is 18.5 Å². The highest BCUT2D eigenvalue weighted by molar-refractivity contribution is 9.09. The Bertz CT molecular complexity index is 366. The number of alkyl halides is 1. The van der Waals surface area contributed by atoms with E-state index in [1.54, 1.807) is 0 Å². The summed E-state index contributed by atoms with van der Waals surface area (Å²) in [6, 6.07) is 6.19. The Morgan fingerprint density at radius 3 is 2.22 bits per heavy atom. The second-order valence-electron chi connectivity index (χ2n) is 4.36. The van der Waals surface area contributed by atoms with Gasteiger partial charge in [0.05, 0.1) is 13.2 Å². The summed E-state index contributed by atoms with van der Waals surface area (Å²) in [5.41, 5.74) is 1.25. The van der Waals surface area contributed by atoms with Crippen LogP contribution in [0.15, 0.2) is 18.2 Å². The fourth-order valence-corrected chi connectivity index (χ4v) is 2.43. The molecule has 2 unspecified atom stereocenters. The van der Waals surface area contributed by atoms with Gasteiger partial charge in [-0.3, -0.25) is 0 Å². The van der Waals surface area contributed by atoms with Gasteiger partial charge in [-0.25, -0.2) is 0 Å². The Labute approximate surface area is 119 Å². The molecular formula is C15H23BrO2. The fraction of sp³-hybridized carbons (Fsp3) is 0.600. The second kappa shape index (κ2) is 7.67. The minimum atomic E-state index is 0.359. The van der Waals surface area contributed by atoms with Crippen LogP contribution in [0, 0.1) is 5.92 Å². The van der Waals surface area contributed by atoms with Crippen molar-refractivity contribution in [2.45, 2.75) is 38.9 Å². The molecule has 0 spiro atoms. The molecule has 0 aliphatic carbocycles. The van der Waals surface area contributed by atoms with Crippen molar-refractivity contribution >= 4 is 15.9 Å². The maximum absolute atomic E-state index is 5.65. The van der Waals surface area contributed by atoms with Crippen LogP contribution in [0.5, 0.6) is 11.5 Å². The van der Waals surface area contributed by atoms with E-state index >= 15 is 0 Å². The smallest absolute Gasteiger partial charge is 0.161 e. The molecule has 102 valence electrons. The van der Waals surface area contributed by atoms with Crippen molar-refractivity contribution in [3.8, 4) is 11.5 Å². The van der Waals surface area contributed by atoms with Crippen molar-refractivity contribution in [2.75, 3.05) is 13.2 Å². The number of halogens is 1. The largest absolute Gasteiger partial charge is 0.490 e. The molecule has 18 heavy (non-hydrogen) atoms. The Morgan fingerprint density at radius 1 is 1.06 bits per heavy atom. The van der Waals surface area contributed by atoms with Gasteiger partial charge in [0.15, 0.2) is 11.5 Å². The average molecular weight is 315 g/mol. The summed E-state index contributed by atoms with van der Waals surface area (Å²) in [5, 5.41) is 0. The van der Waals surface area contributed by atoms with Gasteiger partial charge in [-0.15, -0.1) is 0 Å². The van der Waals surface area contributed by atoms with Crippen molar-refractivity contribution in [1.82, 2.24) is 0 Å². The van der Waals surface area contributed by atoms with Gasteiger partial charge in [-0.1, -0.05) is 42.3 Å². The van der Waals surface area contributed by atoms with Gasteiger partial charge >= 0.3 is 0 Å². The van der Waals surface area contributed by atoms with Crippen molar-refractivity contribution < 1.29 is 9.47 Å². The van der Waals surface area contributed by atoms with Crippen molar-refractivity contribution in [3.63, 3.8) is 0 Å². The summed E-state index contributed by atoms with van der Waals surface area (Å²) in [7, 11) is 0. The van der Waals surface area contributed by atoms with Crippen molar-refractivity contribution in [1.29, 1.82) is 0 Å². The lowest BCUT2D eigenvalue weighted by Gasteiger charge is -2.19. The molecule has 0 aliphatic heterocycles. The lowest BCUT2D eigenvalue weighted by molar-refractivity contribution is 0.287. The zero-order valence-electron chi connectivity index (χ0n) is 11.7. The van der Waals surface area contributed by atoms with E-state index in [1.165, 1.54) is 5.56 Å².